The van der Waals surface area contributed by atoms with Gasteiger partial charge in [0.1, 0.15) is 11.5 Å². The van der Waals surface area contributed by atoms with Gasteiger partial charge in [-0.05, 0) is 69.7 Å². The molecule has 2 rings (SSSR count). The summed E-state index contributed by atoms with van der Waals surface area (Å²) in [7, 11) is 0. The molecule has 28 heavy (non-hydrogen) atoms. The van der Waals surface area contributed by atoms with Gasteiger partial charge in [0.25, 0.3) is 5.91 Å². The lowest BCUT2D eigenvalue weighted by atomic mass is 10.1. The monoisotopic (exact) mass is 384 g/mol. The first-order valence-electron chi connectivity index (χ1n) is 9.46. The Kier molecular flexibility index (Phi) is 7.87. The van der Waals surface area contributed by atoms with Crippen molar-refractivity contribution in [2.45, 2.75) is 39.8 Å². The fraction of sp³-hybridized carbons (Fsp3) is 0.364. The summed E-state index contributed by atoms with van der Waals surface area (Å²) >= 11 is 0. The van der Waals surface area contributed by atoms with Gasteiger partial charge in [-0.3, -0.25) is 9.59 Å². The van der Waals surface area contributed by atoms with Crippen LogP contribution in [-0.4, -0.2) is 31.1 Å². The van der Waals surface area contributed by atoms with E-state index in [1.807, 2.05) is 52.0 Å². The molecule has 1 atom stereocenters. The number of nitrogens with one attached hydrogen (secondary N) is 2. The van der Waals surface area contributed by atoms with Gasteiger partial charge in [0.2, 0.25) is 5.91 Å². The lowest BCUT2D eigenvalue weighted by Crippen LogP contribution is -2.38. The number of hydrogen-bond acceptors (Lipinski definition) is 4. The molecule has 0 fully saturated rings. The SMILES string of the molecule is CCOc1ccc(C(=O)NCC(=O)NC(C)c2ccc(OC(C)C)cc2)cc1. The first-order valence-corrected chi connectivity index (χ1v) is 9.46. The van der Waals surface area contributed by atoms with Gasteiger partial charge in [0.05, 0.1) is 25.3 Å². The molecule has 2 N–H and O–H groups in total. The van der Waals surface area contributed by atoms with Crippen LogP contribution < -0.4 is 20.1 Å². The van der Waals surface area contributed by atoms with Crippen LogP contribution in [0.4, 0.5) is 0 Å². The molecule has 2 aromatic carbocycles. The first-order chi connectivity index (χ1) is 13.4. The molecule has 1 unspecified atom stereocenters. The van der Waals surface area contributed by atoms with E-state index in [0.717, 1.165) is 11.3 Å². The quantitative estimate of drug-likeness (QED) is 0.694. The zero-order chi connectivity index (χ0) is 20.5. The lowest BCUT2D eigenvalue weighted by molar-refractivity contribution is -0.120. The highest BCUT2D eigenvalue weighted by molar-refractivity contribution is 5.96. The Balaban J connectivity index is 1.81. The van der Waals surface area contributed by atoms with Gasteiger partial charge in [0, 0.05) is 5.56 Å². The predicted molar refractivity (Wildman–Crippen MR) is 109 cm³/mol. The van der Waals surface area contributed by atoms with Crippen molar-refractivity contribution in [2.75, 3.05) is 13.2 Å². The Morgan fingerprint density at radius 1 is 0.929 bits per heavy atom. The van der Waals surface area contributed by atoms with Gasteiger partial charge in [-0.2, -0.15) is 0 Å². The van der Waals surface area contributed by atoms with Crippen molar-refractivity contribution in [1.29, 1.82) is 0 Å². The van der Waals surface area contributed by atoms with Crippen LogP contribution in [0.25, 0.3) is 0 Å². The van der Waals surface area contributed by atoms with Crippen LogP contribution in [0.15, 0.2) is 48.5 Å². The molecule has 0 aliphatic carbocycles. The van der Waals surface area contributed by atoms with Crippen LogP contribution in [0.5, 0.6) is 11.5 Å². The minimum absolute atomic E-state index is 0.0923. The van der Waals surface area contributed by atoms with E-state index in [2.05, 4.69) is 10.6 Å². The largest absolute Gasteiger partial charge is 0.494 e. The van der Waals surface area contributed by atoms with Crippen molar-refractivity contribution in [3.05, 3.63) is 59.7 Å². The van der Waals surface area contributed by atoms with E-state index in [-0.39, 0.29) is 30.5 Å². The average molecular weight is 384 g/mol. The Labute approximate surface area is 166 Å². The smallest absolute Gasteiger partial charge is 0.251 e. The third kappa shape index (κ3) is 6.61. The Hall–Kier alpha value is -3.02. The molecule has 0 radical (unpaired) electrons. The van der Waals surface area contributed by atoms with Crippen LogP contribution in [-0.2, 0) is 4.79 Å². The van der Waals surface area contributed by atoms with Gasteiger partial charge in [-0.1, -0.05) is 12.1 Å². The Morgan fingerprint density at radius 3 is 2.11 bits per heavy atom. The molecule has 6 nitrogen and oxygen atoms in total. The molecular weight excluding hydrogens is 356 g/mol. The van der Waals surface area contributed by atoms with E-state index in [0.29, 0.717) is 17.9 Å². The molecular formula is C22H28N2O4. The highest BCUT2D eigenvalue weighted by atomic mass is 16.5. The van der Waals surface area contributed by atoms with Crippen molar-refractivity contribution < 1.29 is 19.1 Å². The number of rotatable bonds is 9. The second-order valence-corrected chi connectivity index (χ2v) is 6.66. The molecule has 6 heteroatoms. The topological polar surface area (TPSA) is 76.7 Å². The fourth-order valence-electron chi connectivity index (χ4n) is 2.61. The Morgan fingerprint density at radius 2 is 1.54 bits per heavy atom. The highest BCUT2D eigenvalue weighted by Gasteiger charge is 2.12. The molecule has 0 heterocycles. The fourth-order valence-corrected chi connectivity index (χ4v) is 2.61. The second-order valence-electron chi connectivity index (χ2n) is 6.66. The number of carbonyl (C=O) groups is 2. The maximum atomic E-state index is 12.2. The number of amides is 2. The van der Waals surface area contributed by atoms with E-state index in [9.17, 15) is 9.59 Å². The summed E-state index contributed by atoms with van der Waals surface area (Å²) in [6.07, 6.45) is 0.113. The summed E-state index contributed by atoms with van der Waals surface area (Å²) < 4.78 is 11.0. The van der Waals surface area contributed by atoms with Crippen LogP contribution in [0.1, 0.15) is 49.7 Å². The molecule has 0 aliphatic rings. The number of benzene rings is 2. The van der Waals surface area contributed by atoms with Crippen molar-refractivity contribution in [3.8, 4) is 11.5 Å². The maximum absolute atomic E-state index is 12.2. The van der Waals surface area contributed by atoms with Crippen molar-refractivity contribution >= 4 is 11.8 Å². The lowest BCUT2D eigenvalue weighted by Gasteiger charge is -2.16. The highest BCUT2D eigenvalue weighted by Crippen LogP contribution is 2.18. The van der Waals surface area contributed by atoms with Gasteiger partial charge < -0.3 is 20.1 Å². The summed E-state index contributed by atoms with van der Waals surface area (Å²) in [4.78, 5) is 24.3. The summed E-state index contributed by atoms with van der Waals surface area (Å²) in [5, 5.41) is 5.50. The zero-order valence-corrected chi connectivity index (χ0v) is 16.8. The molecule has 0 aliphatic heterocycles. The third-order valence-electron chi connectivity index (χ3n) is 3.97. The van der Waals surface area contributed by atoms with Gasteiger partial charge in [-0.25, -0.2) is 0 Å². The van der Waals surface area contributed by atoms with E-state index in [4.69, 9.17) is 9.47 Å². The standard InChI is InChI=1S/C22H28N2O4/c1-5-27-19-10-8-18(9-11-19)22(26)23-14-21(25)24-16(4)17-6-12-20(13-7-17)28-15(2)3/h6-13,15-16H,5,14H2,1-4H3,(H,23,26)(H,24,25). The minimum atomic E-state index is -0.305. The molecule has 2 aromatic rings. The minimum Gasteiger partial charge on any atom is -0.494 e. The van der Waals surface area contributed by atoms with Crippen molar-refractivity contribution in [1.82, 2.24) is 10.6 Å². The molecule has 2 amide bonds. The molecule has 0 spiro atoms. The second kappa shape index (κ2) is 10.3. The normalized spacial score (nSPS) is 11.6. The predicted octanol–water partition coefficient (Wildman–Crippen LogP) is 3.48. The Bertz CT molecular complexity index is 770. The van der Waals surface area contributed by atoms with Crippen molar-refractivity contribution in [3.63, 3.8) is 0 Å². The average Bonchev–Trinajstić information content (AvgIpc) is 2.67. The van der Waals surface area contributed by atoms with Crippen LogP contribution >= 0.6 is 0 Å². The van der Waals surface area contributed by atoms with Crippen LogP contribution in [0.3, 0.4) is 0 Å². The number of carbonyl (C=O) groups excluding carboxylic acids is 2. The van der Waals surface area contributed by atoms with E-state index in [1.54, 1.807) is 24.3 Å². The van der Waals surface area contributed by atoms with E-state index >= 15 is 0 Å². The van der Waals surface area contributed by atoms with Crippen LogP contribution in [0, 0.1) is 0 Å². The number of hydrogen-bond donors (Lipinski definition) is 2. The van der Waals surface area contributed by atoms with Gasteiger partial charge in [-0.15, -0.1) is 0 Å². The van der Waals surface area contributed by atoms with Gasteiger partial charge in [0.15, 0.2) is 0 Å². The summed E-state index contributed by atoms with van der Waals surface area (Å²) in [5.74, 6) is 0.936. The zero-order valence-electron chi connectivity index (χ0n) is 16.8. The maximum Gasteiger partial charge on any atom is 0.251 e. The summed E-state index contributed by atoms with van der Waals surface area (Å²) in [6.45, 7) is 8.21. The summed E-state index contributed by atoms with van der Waals surface area (Å²) in [6, 6.07) is 14.2. The molecule has 0 bridgehead atoms. The van der Waals surface area contributed by atoms with E-state index < -0.39 is 0 Å². The van der Waals surface area contributed by atoms with E-state index in [1.165, 1.54) is 0 Å². The molecule has 0 saturated heterocycles. The molecule has 0 saturated carbocycles. The summed E-state index contributed by atoms with van der Waals surface area (Å²) in [5.41, 5.74) is 1.44. The van der Waals surface area contributed by atoms with Gasteiger partial charge >= 0.3 is 0 Å². The third-order valence-corrected chi connectivity index (χ3v) is 3.97. The number of ether oxygens (including phenoxy) is 2. The van der Waals surface area contributed by atoms with Crippen LogP contribution in [0.2, 0.25) is 0 Å². The molecule has 150 valence electrons. The molecule has 0 aromatic heterocycles. The first kappa shape index (κ1) is 21.3. The van der Waals surface area contributed by atoms with Crippen molar-refractivity contribution in [2.24, 2.45) is 0 Å².